The van der Waals surface area contributed by atoms with Gasteiger partial charge < -0.3 is 15.7 Å². The lowest BCUT2D eigenvalue weighted by atomic mass is 9.75. The van der Waals surface area contributed by atoms with Gasteiger partial charge in [0.15, 0.2) is 0 Å². The van der Waals surface area contributed by atoms with Crippen molar-refractivity contribution in [2.45, 2.75) is 52.2 Å². The third-order valence-corrected chi connectivity index (χ3v) is 3.46. The number of aliphatic hydroxyl groups excluding tert-OH is 1. The number of carbonyl (C=O) groups excluding carboxylic acids is 2. The van der Waals surface area contributed by atoms with Crippen LogP contribution in [0.3, 0.4) is 0 Å². The molecule has 1 aliphatic heterocycles. The molecule has 5 heteroatoms. The smallest absolute Gasteiger partial charge is 0.242 e. The highest BCUT2D eigenvalue weighted by Gasteiger charge is 2.52. The van der Waals surface area contributed by atoms with Gasteiger partial charge in [0.2, 0.25) is 11.8 Å². The van der Waals surface area contributed by atoms with E-state index in [9.17, 15) is 14.7 Å². The zero-order valence-corrected chi connectivity index (χ0v) is 10.8. The molecule has 0 aromatic heterocycles. The number of carbonyl (C=O) groups is 2. The fourth-order valence-corrected chi connectivity index (χ4v) is 2.40. The lowest BCUT2D eigenvalue weighted by molar-refractivity contribution is -0.170. The monoisotopic (exact) mass is 242 g/mol. The standard InChI is InChI=1S/C12H22N2O3/c1-4-5-6-12(3)7-14(11(12)17)9(8(2)15)10(13)16/h8-9,15H,4-7H2,1-3H3,(H2,13,16)/t8-,9+,12+/m1/s1. The molecule has 0 spiro atoms. The van der Waals surface area contributed by atoms with Gasteiger partial charge in [-0.2, -0.15) is 0 Å². The van der Waals surface area contributed by atoms with E-state index in [-0.39, 0.29) is 11.3 Å². The van der Waals surface area contributed by atoms with Crippen LogP contribution in [0, 0.1) is 5.41 Å². The first-order valence-corrected chi connectivity index (χ1v) is 6.12. The third-order valence-electron chi connectivity index (χ3n) is 3.46. The van der Waals surface area contributed by atoms with Crippen LogP contribution < -0.4 is 5.73 Å². The molecule has 0 saturated carbocycles. The minimum atomic E-state index is -0.924. The summed E-state index contributed by atoms with van der Waals surface area (Å²) < 4.78 is 0. The Morgan fingerprint density at radius 1 is 1.65 bits per heavy atom. The lowest BCUT2D eigenvalue weighted by Crippen LogP contribution is -2.68. The summed E-state index contributed by atoms with van der Waals surface area (Å²) in [7, 11) is 0. The van der Waals surface area contributed by atoms with Gasteiger partial charge in [-0.15, -0.1) is 0 Å². The van der Waals surface area contributed by atoms with Crippen LogP contribution >= 0.6 is 0 Å². The molecule has 5 nitrogen and oxygen atoms in total. The fraction of sp³-hybridized carbons (Fsp3) is 0.833. The van der Waals surface area contributed by atoms with E-state index in [0.717, 1.165) is 19.3 Å². The first kappa shape index (κ1) is 14.0. The van der Waals surface area contributed by atoms with Crippen molar-refractivity contribution in [3.05, 3.63) is 0 Å². The number of unbranched alkanes of at least 4 members (excludes halogenated alkanes) is 1. The van der Waals surface area contributed by atoms with Crippen LogP contribution in [0.2, 0.25) is 0 Å². The molecule has 98 valence electrons. The van der Waals surface area contributed by atoms with Gasteiger partial charge >= 0.3 is 0 Å². The van der Waals surface area contributed by atoms with Crippen LogP contribution in [0.4, 0.5) is 0 Å². The molecule has 3 atom stereocenters. The zero-order valence-electron chi connectivity index (χ0n) is 10.8. The van der Waals surface area contributed by atoms with Crippen molar-refractivity contribution in [3.8, 4) is 0 Å². The van der Waals surface area contributed by atoms with Crippen molar-refractivity contribution in [2.75, 3.05) is 6.54 Å². The summed E-state index contributed by atoms with van der Waals surface area (Å²) in [5.74, 6) is -0.721. The van der Waals surface area contributed by atoms with Crippen molar-refractivity contribution in [1.29, 1.82) is 0 Å². The van der Waals surface area contributed by atoms with Crippen molar-refractivity contribution in [1.82, 2.24) is 4.90 Å². The Hall–Kier alpha value is -1.10. The van der Waals surface area contributed by atoms with Crippen LogP contribution in [0.25, 0.3) is 0 Å². The summed E-state index contributed by atoms with van der Waals surface area (Å²) in [6.07, 6.45) is 1.93. The molecule has 1 aliphatic rings. The molecule has 0 radical (unpaired) electrons. The summed E-state index contributed by atoms with van der Waals surface area (Å²) in [6.45, 7) is 5.96. The van der Waals surface area contributed by atoms with E-state index in [1.165, 1.54) is 11.8 Å². The minimum absolute atomic E-state index is 0.0735. The normalized spacial score (nSPS) is 27.5. The molecule has 0 aromatic rings. The second-order valence-electron chi connectivity index (χ2n) is 5.19. The number of hydrogen-bond acceptors (Lipinski definition) is 3. The number of likely N-dealkylation sites (tertiary alicyclic amines) is 1. The molecule has 0 aliphatic carbocycles. The van der Waals surface area contributed by atoms with Crippen LogP contribution in [0.15, 0.2) is 0 Å². The molecular weight excluding hydrogens is 220 g/mol. The average molecular weight is 242 g/mol. The molecule has 1 saturated heterocycles. The van der Waals surface area contributed by atoms with Crippen molar-refractivity contribution >= 4 is 11.8 Å². The van der Waals surface area contributed by atoms with Gasteiger partial charge in [-0.05, 0) is 20.3 Å². The highest BCUT2D eigenvalue weighted by molar-refractivity contribution is 5.94. The number of β-lactam (4-membered cyclic amide) rings is 1. The van der Waals surface area contributed by atoms with Gasteiger partial charge in [0, 0.05) is 6.54 Å². The Bertz CT molecular complexity index is 317. The molecule has 1 fully saturated rings. The van der Waals surface area contributed by atoms with Gasteiger partial charge in [0.1, 0.15) is 6.04 Å². The number of amides is 2. The van der Waals surface area contributed by atoms with Gasteiger partial charge in [0.25, 0.3) is 0 Å². The summed E-state index contributed by atoms with van der Waals surface area (Å²) in [5.41, 5.74) is 4.83. The highest BCUT2D eigenvalue weighted by Crippen LogP contribution is 2.38. The fourth-order valence-electron chi connectivity index (χ4n) is 2.40. The number of nitrogens with zero attached hydrogens (tertiary/aromatic N) is 1. The van der Waals surface area contributed by atoms with E-state index in [0.29, 0.717) is 6.54 Å². The van der Waals surface area contributed by atoms with E-state index < -0.39 is 18.1 Å². The van der Waals surface area contributed by atoms with E-state index >= 15 is 0 Å². The SMILES string of the molecule is CCCC[C@@]1(C)CN([C@H](C(N)=O)[C@@H](C)O)C1=O. The molecule has 2 amide bonds. The predicted molar refractivity (Wildman–Crippen MR) is 64.0 cm³/mol. The molecule has 1 heterocycles. The van der Waals surface area contributed by atoms with E-state index in [1.54, 1.807) is 0 Å². The molecule has 1 rings (SSSR count). The van der Waals surface area contributed by atoms with Gasteiger partial charge in [0.05, 0.1) is 11.5 Å². The number of hydrogen-bond donors (Lipinski definition) is 2. The summed E-state index contributed by atoms with van der Waals surface area (Å²) in [4.78, 5) is 24.7. The molecular formula is C12H22N2O3. The number of nitrogens with two attached hydrogens (primary N) is 1. The number of primary amides is 1. The lowest BCUT2D eigenvalue weighted by Gasteiger charge is -2.50. The van der Waals surface area contributed by atoms with Crippen LogP contribution in [-0.2, 0) is 9.59 Å². The summed E-state index contributed by atoms with van der Waals surface area (Å²) in [6, 6.07) is -0.891. The van der Waals surface area contributed by atoms with E-state index in [4.69, 9.17) is 5.73 Å². The quantitative estimate of drug-likeness (QED) is 0.655. The Labute approximate surface area is 102 Å². The van der Waals surface area contributed by atoms with Crippen LogP contribution in [0.5, 0.6) is 0 Å². The van der Waals surface area contributed by atoms with Crippen molar-refractivity contribution in [2.24, 2.45) is 11.1 Å². The topological polar surface area (TPSA) is 83.6 Å². The largest absolute Gasteiger partial charge is 0.391 e. The Morgan fingerprint density at radius 3 is 2.59 bits per heavy atom. The van der Waals surface area contributed by atoms with Crippen LogP contribution in [0.1, 0.15) is 40.0 Å². The Kier molecular flexibility index (Phi) is 4.14. The van der Waals surface area contributed by atoms with Crippen LogP contribution in [-0.4, -0.2) is 40.5 Å². The van der Waals surface area contributed by atoms with Gasteiger partial charge in [-0.25, -0.2) is 0 Å². The molecule has 0 aromatic carbocycles. The molecule has 3 N–H and O–H groups in total. The summed E-state index contributed by atoms with van der Waals surface area (Å²) >= 11 is 0. The molecule has 17 heavy (non-hydrogen) atoms. The molecule has 0 unspecified atom stereocenters. The van der Waals surface area contributed by atoms with Crippen molar-refractivity contribution < 1.29 is 14.7 Å². The van der Waals surface area contributed by atoms with Gasteiger partial charge in [-0.1, -0.05) is 19.8 Å². The zero-order chi connectivity index (χ0) is 13.2. The maximum atomic E-state index is 12.0. The second kappa shape index (κ2) is 5.04. The number of aliphatic hydroxyl groups is 1. The third kappa shape index (κ3) is 2.60. The Morgan fingerprint density at radius 2 is 2.24 bits per heavy atom. The highest BCUT2D eigenvalue weighted by atomic mass is 16.3. The van der Waals surface area contributed by atoms with E-state index in [2.05, 4.69) is 6.92 Å². The van der Waals surface area contributed by atoms with Crippen molar-refractivity contribution in [3.63, 3.8) is 0 Å². The first-order chi connectivity index (χ1) is 7.83. The predicted octanol–water partition coefficient (Wildman–Crippen LogP) is 0.260. The maximum Gasteiger partial charge on any atom is 0.242 e. The van der Waals surface area contributed by atoms with E-state index in [1.807, 2.05) is 6.92 Å². The number of rotatable bonds is 6. The summed E-state index contributed by atoms with van der Waals surface area (Å²) in [5, 5.41) is 9.49. The minimum Gasteiger partial charge on any atom is -0.391 e. The van der Waals surface area contributed by atoms with Gasteiger partial charge in [-0.3, -0.25) is 9.59 Å². The second-order valence-corrected chi connectivity index (χ2v) is 5.19. The Balaban J connectivity index is 2.67. The average Bonchev–Trinajstić information content (AvgIpc) is 2.24. The molecule has 0 bridgehead atoms. The maximum absolute atomic E-state index is 12.0. The first-order valence-electron chi connectivity index (χ1n) is 6.12.